The fourth-order valence-electron chi connectivity index (χ4n) is 0.378. The van der Waals surface area contributed by atoms with Crippen molar-refractivity contribution < 1.29 is 13.2 Å². The molecule has 0 heterocycles. The molecule has 0 nitrogen and oxygen atoms in total. The summed E-state index contributed by atoms with van der Waals surface area (Å²) in [7, 11) is 0. The van der Waals surface area contributed by atoms with E-state index < -0.39 is 29.0 Å². The summed E-state index contributed by atoms with van der Waals surface area (Å²) in [6.07, 6.45) is -2.76. The van der Waals surface area contributed by atoms with Gasteiger partial charge in [-0.05, 0) is 0 Å². The molecular weight excluding hydrogens is 236 g/mol. The summed E-state index contributed by atoms with van der Waals surface area (Å²) in [6, 6.07) is 0. The number of halogens is 3. The van der Waals surface area contributed by atoms with Crippen LogP contribution in [0.1, 0.15) is 0 Å². The monoisotopic (exact) mass is 248 g/mol. The summed E-state index contributed by atoms with van der Waals surface area (Å²) in [5.41, 5.74) is 0. The van der Waals surface area contributed by atoms with Crippen molar-refractivity contribution >= 4 is 18.4 Å². The Morgan fingerprint density at radius 1 is 1.00 bits per heavy atom. The SMILES string of the molecule is [CH3][Sn]([CH3])([CH3])[CH](F)C(F)F. The van der Waals surface area contributed by atoms with Gasteiger partial charge in [0, 0.05) is 0 Å². The Hall–Kier alpha value is 0.589. The van der Waals surface area contributed by atoms with Gasteiger partial charge in [-0.1, -0.05) is 0 Å². The van der Waals surface area contributed by atoms with Crippen LogP contribution >= 0.6 is 0 Å². The van der Waals surface area contributed by atoms with E-state index >= 15 is 0 Å². The summed E-state index contributed by atoms with van der Waals surface area (Å²) in [6.45, 7) is 0. The third-order valence-corrected chi connectivity index (χ3v) is 6.49. The van der Waals surface area contributed by atoms with Crippen molar-refractivity contribution in [3.8, 4) is 0 Å². The van der Waals surface area contributed by atoms with Gasteiger partial charge in [0.15, 0.2) is 0 Å². The average molecular weight is 247 g/mol. The summed E-state index contributed by atoms with van der Waals surface area (Å²) in [4.78, 5) is 4.97. The van der Waals surface area contributed by atoms with Gasteiger partial charge in [0.1, 0.15) is 0 Å². The zero-order chi connectivity index (χ0) is 7.65. The standard InChI is InChI=1S/C2H2F3.3CH3.Sn/c3-1-2(4)5;;;;/h1-2H;3*1H3;. The molecule has 0 radical (unpaired) electrons. The van der Waals surface area contributed by atoms with Crippen molar-refractivity contribution in [3.63, 3.8) is 0 Å². The molecule has 0 saturated heterocycles. The van der Waals surface area contributed by atoms with Crippen LogP contribution in [0.5, 0.6) is 0 Å². The molecule has 0 N–H and O–H groups in total. The van der Waals surface area contributed by atoms with Crippen LogP contribution in [-0.2, 0) is 0 Å². The number of alkyl halides is 3. The molecule has 0 aliphatic carbocycles. The van der Waals surface area contributed by atoms with Crippen molar-refractivity contribution in [2.24, 2.45) is 0 Å². The predicted molar refractivity (Wildman–Crippen MR) is 34.2 cm³/mol. The van der Waals surface area contributed by atoms with Gasteiger partial charge in [0.25, 0.3) is 0 Å². The molecule has 0 spiro atoms. The van der Waals surface area contributed by atoms with Crippen molar-refractivity contribution in [1.29, 1.82) is 0 Å². The van der Waals surface area contributed by atoms with E-state index in [1.165, 1.54) is 0 Å². The van der Waals surface area contributed by atoms with Gasteiger partial charge in [-0.2, -0.15) is 0 Å². The van der Waals surface area contributed by atoms with Gasteiger partial charge in [0.2, 0.25) is 0 Å². The molecule has 0 aromatic rings. The van der Waals surface area contributed by atoms with E-state index in [-0.39, 0.29) is 0 Å². The van der Waals surface area contributed by atoms with Crippen LogP contribution in [0.2, 0.25) is 14.8 Å². The topological polar surface area (TPSA) is 0 Å². The van der Waals surface area contributed by atoms with Crippen LogP contribution in [0.15, 0.2) is 0 Å². The molecule has 0 fully saturated rings. The van der Waals surface area contributed by atoms with Gasteiger partial charge in [-0.3, -0.25) is 0 Å². The molecule has 1 unspecified atom stereocenters. The quantitative estimate of drug-likeness (QED) is 0.657. The Balaban J connectivity index is 3.88. The molecule has 1 atom stereocenters. The van der Waals surface area contributed by atoms with Crippen molar-refractivity contribution in [2.45, 2.75) is 25.4 Å². The first kappa shape index (κ1) is 9.59. The van der Waals surface area contributed by atoms with Gasteiger partial charge < -0.3 is 0 Å². The van der Waals surface area contributed by atoms with E-state index in [2.05, 4.69) is 0 Å². The first-order chi connectivity index (χ1) is 3.85. The zero-order valence-corrected chi connectivity index (χ0v) is 8.64. The van der Waals surface area contributed by atoms with Crippen LogP contribution in [0.25, 0.3) is 0 Å². The predicted octanol–water partition coefficient (Wildman–Crippen LogP) is 2.47. The minimum atomic E-state index is -2.91. The number of hydrogen-bond donors (Lipinski definition) is 0. The van der Waals surface area contributed by atoms with Gasteiger partial charge in [-0.25, -0.2) is 0 Å². The van der Waals surface area contributed by atoms with Crippen LogP contribution in [0.4, 0.5) is 13.2 Å². The van der Waals surface area contributed by atoms with Gasteiger partial charge in [-0.15, -0.1) is 0 Å². The molecule has 56 valence electrons. The minimum absolute atomic E-state index is 1.66. The maximum atomic E-state index is 12.4. The molecular formula is C5H11F3Sn. The molecule has 0 aromatic carbocycles. The van der Waals surface area contributed by atoms with Crippen molar-refractivity contribution in [1.82, 2.24) is 0 Å². The zero-order valence-electron chi connectivity index (χ0n) is 5.79. The second-order valence-corrected chi connectivity index (χ2v) is 18.2. The summed E-state index contributed by atoms with van der Waals surface area (Å²) < 4.78 is 33.8. The van der Waals surface area contributed by atoms with E-state index in [0.29, 0.717) is 0 Å². The third-order valence-electron chi connectivity index (χ3n) is 1.05. The molecule has 0 aliphatic rings. The van der Waals surface area contributed by atoms with E-state index in [4.69, 9.17) is 0 Å². The fourth-order valence-corrected chi connectivity index (χ4v) is 2.54. The van der Waals surface area contributed by atoms with Crippen LogP contribution in [0, 0.1) is 0 Å². The Kier molecular flexibility index (Phi) is 3.33. The molecule has 0 rings (SSSR count). The first-order valence-electron chi connectivity index (χ1n) is 2.78. The van der Waals surface area contributed by atoms with Crippen LogP contribution in [-0.4, -0.2) is 29.0 Å². The Bertz CT molecular complexity index is 86.7. The third kappa shape index (κ3) is 3.33. The van der Waals surface area contributed by atoms with E-state index in [1.807, 2.05) is 0 Å². The second kappa shape index (κ2) is 3.12. The number of rotatable bonds is 2. The molecule has 0 bridgehead atoms. The molecule has 9 heavy (non-hydrogen) atoms. The normalized spacial score (nSPS) is 16.3. The average Bonchev–Trinajstić information content (AvgIpc) is 1.62. The second-order valence-electron chi connectivity index (χ2n) is 3.10. The van der Waals surface area contributed by atoms with E-state index in [9.17, 15) is 13.2 Å². The van der Waals surface area contributed by atoms with Gasteiger partial charge in [0.05, 0.1) is 0 Å². The molecule has 0 saturated carbocycles. The molecule has 0 aromatic heterocycles. The van der Waals surface area contributed by atoms with Crippen molar-refractivity contribution in [3.05, 3.63) is 0 Å². The Morgan fingerprint density at radius 2 is 1.33 bits per heavy atom. The summed E-state index contributed by atoms with van der Waals surface area (Å²) >= 11 is -2.91. The van der Waals surface area contributed by atoms with Crippen LogP contribution in [0.3, 0.4) is 0 Å². The number of hydrogen-bond acceptors (Lipinski definition) is 0. The van der Waals surface area contributed by atoms with Gasteiger partial charge >= 0.3 is 57.0 Å². The maximum absolute atomic E-state index is 12.4. The summed E-state index contributed by atoms with van der Waals surface area (Å²) in [5.74, 6) is 0. The van der Waals surface area contributed by atoms with Crippen LogP contribution < -0.4 is 0 Å². The molecule has 4 heteroatoms. The van der Waals surface area contributed by atoms with E-state index in [1.54, 1.807) is 14.8 Å². The Labute approximate surface area is 57.3 Å². The molecule has 0 amide bonds. The Morgan fingerprint density at radius 3 is 1.33 bits per heavy atom. The van der Waals surface area contributed by atoms with E-state index in [0.717, 1.165) is 0 Å². The first-order valence-corrected chi connectivity index (χ1v) is 13.0. The fraction of sp³-hybridized carbons (Fsp3) is 1.00. The molecule has 0 aliphatic heterocycles. The van der Waals surface area contributed by atoms with Crippen molar-refractivity contribution in [2.75, 3.05) is 0 Å². The summed E-state index contributed by atoms with van der Waals surface area (Å²) in [5, 5.41) is 0.